The van der Waals surface area contributed by atoms with E-state index in [-0.39, 0.29) is 16.8 Å². The third kappa shape index (κ3) is 1.32. The predicted molar refractivity (Wildman–Crippen MR) is 61.6 cm³/mol. The maximum Gasteiger partial charge on any atom is 0.326 e. The maximum absolute atomic E-state index is 11.5. The average Bonchev–Trinajstić information content (AvgIpc) is 2.67. The number of nitro benzene ring substituents is 1. The highest BCUT2D eigenvalue weighted by Crippen LogP contribution is 2.27. The molecule has 0 atom stereocenters. The Morgan fingerprint density at radius 2 is 2.00 bits per heavy atom. The van der Waals surface area contributed by atoms with E-state index in [9.17, 15) is 19.7 Å². The summed E-state index contributed by atoms with van der Waals surface area (Å²) in [6.45, 7) is 0. The van der Waals surface area contributed by atoms with Crippen molar-refractivity contribution in [3.8, 4) is 0 Å². The molecule has 0 aliphatic carbocycles. The Morgan fingerprint density at radius 1 is 1.22 bits per heavy atom. The molecule has 0 unspecified atom stereocenters. The summed E-state index contributed by atoms with van der Waals surface area (Å²) >= 11 is 0. The first-order valence-corrected chi connectivity index (χ1v) is 4.89. The van der Waals surface area contributed by atoms with Gasteiger partial charge in [0.25, 0.3) is 11.2 Å². The summed E-state index contributed by atoms with van der Waals surface area (Å²) in [6, 6.07) is 3.89. The number of nitrogens with zero attached hydrogens (tertiary/aromatic N) is 1. The van der Waals surface area contributed by atoms with Gasteiger partial charge in [-0.25, -0.2) is 4.79 Å². The number of benzene rings is 1. The number of H-pyrrole nitrogens is 2. The number of aromatic nitrogens is 2. The Balaban J connectivity index is 2.55. The Kier molecular flexibility index (Phi) is 1.88. The van der Waals surface area contributed by atoms with Crippen molar-refractivity contribution in [2.75, 3.05) is 0 Å². The first-order valence-electron chi connectivity index (χ1n) is 4.89. The molecular weight excluding hydrogens is 242 g/mol. The highest BCUT2D eigenvalue weighted by molar-refractivity contribution is 6.02. The van der Waals surface area contributed by atoms with Crippen LogP contribution >= 0.6 is 0 Å². The molecule has 0 fully saturated rings. The Labute approximate surface area is 97.0 Å². The van der Waals surface area contributed by atoms with Crippen molar-refractivity contribution in [1.82, 2.24) is 9.97 Å². The van der Waals surface area contributed by atoms with Gasteiger partial charge in [0.1, 0.15) is 11.1 Å². The number of hydrogen-bond donors (Lipinski definition) is 2. The number of furan rings is 1. The van der Waals surface area contributed by atoms with Crippen molar-refractivity contribution in [2.24, 2.45) is 0 Å². The Morgan fingerprint density at radius 3 is 2.72 bits per heavy atom. The van der Waals surface area contributed by atoms with Crippen LogP contribution in [0.1, 0.15) is 0 Å². The molecule has 3 rings (SSSR count). The van der Waals surface area contributed by atoms with Crippen molar-refractivity contribution in [1.29, 1.82) is 0 Å². The zero-order valence-corrected chi connectivity index (χ0v) is 8.72. The van der Waals surface area contributed by atoms with Crippen LogP contribution in [0, 0.1) is 10.1 Å². The highest BCUT2D eigenvalue weighted by atomic mass is 16.6. The van der Waals surface area contributed by atoms with Crippen molar-refractivity contribution in [2.45, 2.75) is 0 Å². The van der Waals surface area contributed by atoms with E-state index in [0.717, 1.165) is 0 Å². The fourth-order valence-corrected chi connectivity index (χ4v) is 1.79. The molecule has 3 aromatic rings. The van der Waals surface area contributed by atoms with Crippen molar-refractivity contribution < 1.29 is 9.34 Å². The number of aromatic amines is 2. The van der Waals surface area contributed by atoms with Crippen LogP contribution in [0.25, 0.3) is 22.1 Å². The molecule has 90 valence electrons. The molecule has 18 heavy (non-hydrogen) atoms. The lowest BCUT2D eigenvalue weighted by atomic mass is 10.2. The van der Waals surface area contributed by atoms with E-state index in [2.05, 4.69) is 4.98 Å². The van der Waals surface area contributed by atoms with Crippen LogP contribution in [-0.4, -0.2) is 14.9 Å². The fourth-order valence-electron chi connectivity index (χ4n) is 1.79. The number of hydrogen-bond acceptors (Lipinski definition) is 5. The molecule has 0 bridgehead atoms. The van der Waals surface area contributed by atoms with E-state index >= 15 is 0 Å². The van der Waals surface area contributed by atoms with Crippen LogP contribution < -0.4 is 11.2 Å². The lowest BCUT2D eigenvalue weighted by molar-refractivity contribution is -0.384. The fraction of sp³-hybridized carbons (Fsp3) is 0. The van der Waals surface area contributed by atoms with Crippen LogP contribution in [0.3, 0.4) is 0 Å². The molecule has 0 amide bonds. The summed E-state index contributed by atoms with van der Waals surface area (Å²) in [5, 5.41) is 11.0. The van der Waals surface area contributed by atoms with Crippen LogP contribution in [0.5, 0.6) is 0 Å². The SMILES string of the molecule is O=c1[nH]c(=O)c2oc3ccc([N+](=O)[O-])cc3c2[nH]1. The third-order valence-electron chi connectivity index (χ3n) is 2.55. The molecular formula is C10H5N3O5. The van der Waals surface area contributed by atoms with Gasteiger partial charge in [-0.2, -0.15) is 0 Å². The van der Waals surface area contributed by atoms with Gasteiger partial charge in [0.2, 0.25) is 5.58 Å². The quantitative estimate of drug-likeness (QED) is 0.488. The molecule has 2 N–H and O–H groups in total. The number of nitrogens with one attached hydrogen (secondary N) is 2. The second-order valence-corrected chi connectivity index (χ2v) is 3.65. The monoisotopic (exact) mass is 247 g/mol. The molecule has 0 aliphatic heterocycles. The molecule has 0 spiro atoms. The number of rotatable bonds is 1. The number of nitro groups is 1. The largest absolute Gasteiger partial charge is 0.449 e. The van der Waals surface area contributed by atoms with Crippen LogP contribution in [0.15, 0.2) is 32.2 Å². The normalized spacial score (nSPS) is 11.1. The molecule has 2 heterocycles. The van der Waals surface area contributed by atoms with Gasteiger partial charge in [0.05, 0.1) is 10.3 Å². The minimum Gasteiger partial charge on any atom is -0.449 e. The van der Waals surface area contributed by atoms with Gasteiger partial charge in [0, 0.05) is 12.1 Å². The molecule has 8 heteroatoms. The first kappa shape index (κ1) is 10.3. The first-order chi connectivity index (χ1) is 8.56. The third-order valence-corrected chi connectivity index (χ3v) is 2.55. The molecule has 1 aromatic carbocycles. The zero-order chi connectivity index (χ0) is 12.9. The average molecular weight is 247 g/mol. The van der Waals surface area contributed by atoms with Gasteiger partial charge in [-0.15, -0.1) is 0 Å². The second-order valence-electron chi connectivity index (χ2n) is 3.65. The minimum atomic E-state index is -0.693. The molecule has 8 nitrogen and oxygen atoms in total. The predicted octanol–water partition coefficient (Wildman–Crippen LogP) is 0.871. The second kappa shape index (κ2) is 3.29. The van der Waals surface area contributed by atoms with Gasteiger partial charge < -0.3 is 9.40 Å². The number of fused-ring (bicyclic) bond motifs is 3. The lowest BCUT2D eigenvalue weighted by Gasteiger charge is -1.90. The van der Waals surface area contributed by atoms with E-state index in [0.29, 0.717) is 11.0 Å². The summed E-state index contributed by atoms with van der Waals surface area (Å²) in [4.78, 5) is 37.2. The van der Waals surface area contributed by atoms with Crippen molar-refractivity contribution in [3.63, 3.8) is 0 Å². The molecule has 0 saturated heterocycles. The van der Waals surface area contributed by atoms with Gasteiger partial charge in [0.15, 0.2) is 0 Å². The zero-order valence-electron chi connectivity index (χ0n) is 8.72. The summed E-state index contributed by atoms with van der Waals surface area (Å²) in [6.07, 6.45) is 0. The number of non-ortho nitro benzene ring substituents is 1. The molecule has 0 radical (unpaired) electrons. The summed E-state index contributed by atoms with van der Waals surface area (Å²) in [5.41, 5.74) is -1.13. The highest BCUT2D eigenvalue weighted by Gasteiger charge is 2.15. The Hall–Kier alpha value is -2.90. The van der Waals surface area contributed by atoms with E-state index < -0.39 is 16.2 Å². The molecule has 0 aliphatic rings. The van der Waals surface area contributed by atoms with Crippen LogP contribution in [0.2, 0.25) is 0 Å². The maximum atomic E-state index is 11.5. The van der Waals surface area contributed by atoms with E-state index in [1.807, 2.05) is 4.98 Å². The van der Waals surface area contributed by atoms with Crippen molar-refractivity contribution >= 4 is 27.8 Å². The molecule has 0 saturated carbocycles. The van der Waals surface area contributed by atoms with Gasteiger partial charge >= 0.3 is 5.69 Å². The van der Waals surface area contributed by atoms with Crippen molar-refractivity contribution in [3.05, 3.63) is 49.2 Å². The van der Waals surface area contributed by atoms with E-state index in [1.54, 1.807) is 0 Å². The molecule has 2 aromatic heterocycles. The van der Waals surface area contributed by atoms with Crippen LogP contribution in [-0.2, 0) is 0 Å². The topological polar surface area (TPSA) is 122 Å². The van der Waals surface area contributed by atoms with Gasteiger partial charge in [-0.05, 0) is 6.07 Å². The van der Waals surface area contributed by atoms with Crippen LogP contribution in [0.4, 0.5) is 5.69 Å². The standard InChI is InChI=1S/C10H5N3O5/c14-9-8-7(11-10(15)12-9)5-3-4(13(16)17)1-2-6(5)18-8/h1-3H,(H2,11,12,14,15). The van der Waals surface area contributed by atoms with E-state index in [4.69, 9.17) is 4.42 Å². The van der Waals surface area contributed by atoms with E-state index in [1.165, 1.54) is 18.2 Å². The van der Waals surface area contributed by atoms with Gasteiger partial charge in [-0.1, -0.05) is 0 Å². The van der Waals surface area contributed by atoms with Gasteiger partial charge in [-0.3, -0.25) is 19.9 Å². The Bertz CT molecular complexity index is 901. The summed E-state index contributed by atoms with van der Waals surface area (Å²) < 4.78 is 5.24. The minimum absolute atomic E-state index is 0.0647. The smallest absolute Gasteiger partial charge is 0.326 e. The summed E-state index contributed by atoms with van der Waals surface area (Å²) in [5.74, 6) is 0. The summed E-state index contributed by atoms with van der Waals surface area (Å²) in [7, 11) is 0. The lowest BCUT2D eigenvalue weighted by Crippen LogP contribution is -2.20.